The predicted molar refractivity (Wildman–Crippen MR) is 227 cm³/mol. The number of imide groups is 2. The number of unbranched alkanes of at least 4 members (excludes halogenated alkanes) is 5. The Hall–Kier alpha value is -6.62. The lowest BCUT2D eigenvalue weighted by Crippen LogP contribution is -2.58. The van der Waals surface area contributed by atoms with Crippen LogP contribution in [0.5, 0.6) is 17.2 Å². The first-order chi connectivity index (χ1) is 30.0. The molecule has 2 aromatic heterocycles. The van der Waals surface area contributed by atoms with Gasteiger partial charge in [0, 0.05) is 70.3 Å². The van der Waals surface area contributed by atoms with Crippen molar-refractivity contribution in [1.82, 2.24) is 34.9 Å². The monoisotopic (exact) mass is 849 g/mol. The highest BCUT2D eigenvalue weighted by Gasteiger charge is 2.46. The second-order valence-corrected chi connectivity index (χ2v) is 15.8. The Balaban J connectivity index is 0.790. The number of hydrogen-bond acceptors (Lipinski definition) is 12. The van der Waals surface area contributed by atoms with E-state index in [0.717, 1.165) is 85.0 Å². The van der Waals surface area contributed by atoms with E-state index in [4.69, 9.17) is 14.2 Å². The third kappa shape index (κ3) is 9.17. The summed E-state index contributed by atoms with van der Waals surface area (Å²) >= 11 is 0. The normalized spacial score (nSPS) is 16.5. The van der Waals surface area contributed by atoms with Crippen molar-refractivity contribution in [2.45, 2.75) is 70.0 Å². The van der Waals surface area contributed by atoms with Crippen molar-refractivity contribution >= 4 is 46.7 Å². The molecule has 1 atom stereocenters. The van der Waals surface area contributed by atoms with E-state index < -0.39 is 29.7 Å². The second-order valence-electron chi connectivity index (χ2n) is 15.8. The molecular formula is C45H51N7O10. The van der Waals surface area contributed by atoms with Crippen LogP contribution in [-0.4, -0.2) is 119 Å². The summed E-state index contributed by atoms with van der Waals surface area (Å²) in [4.78, 5) is 96.7. The zero-order chi connectivity index (χ0) is 43.9. The van der Waals surface area contributed by atoms with Crippen LogP contribution >= 0.6 is 0 Å². The average molecular weight is 850 g/mol. The smallest absolute Gasteiger partial charge is 0.266 e. The van der Waals surface area contributed by atoms with Crippen molar-refractivity contribution in [1.29, 1.82) is 0 Å². The highest BCUT2D eigenvalue weighted by Crippen LogP contribution is 2.39. The fourth-order valence-corrected chi connectivity index (χ4v) is 8.42. The standard InChI is InChI=1S/C45H51N7O10/c1-49-24-33(30-15-17-46-21-32(30)43(49)57)28-19-37(60-2)34(38(20-28)61-3)25-50-22-29(23-50)51(27-53)18-9-7-5-4-6-8-16-47-40(55)26-62-36-12-10-11-31-41(36)45(59)52(44(31)58)35-13-14-39(54)48-42(35)56/h10-12,15,17,19-21,24,27,29,35H,4-9,13-14,16,18,22-23,25-26H2,1-3H3,(H,47,55)(H,48,54,56). The number of rotatable bonds is 20. The number of fused-ring (bicyclic) bond motifs is 2. The van der Waals surface area contributed by atoms with Gasteiger partial charge < -0.3 is 29.0 Å². The molecule has 0 saturated carbocycles. The van der Waals surface area contributed by atoms with Crippen molar-refractivity contribution in [3.63, 3.8) is 0 Å². The lowest BCUT2D eigenvalue weighted by Gasteiger charge is -2.44. The van der Waals surface area contributed by atoms with Crippen LogP contribution in [0.3, 0.4) is 0 Å². The maximum Gasteiger partial charge on any atom is 0.266 e. The fourth-order valence-electron chi connectivity index (χ4n) is 8.42. The van der Waals surface area contributed by atoms with Crippen LogP contribution in [0.1, 0.15) is 77.6 Å². The number of aryl methyl sites for hydroxylation is 1. The SMILES string of the molecule is COc1cc(-c2cn(C)c(=O)c3cnccc23)cc(OC)c1CN1CC(N(C=O)CCCCCCCCNC(=O)COc2cccc3c2C(=O)N(C2CCC(=O)NC2=O)C3=O)C1. The quantitative estimate of drug-likeness (QED) is 0.0750. The number of carbonyl (C=O) groups is 6. The number of amides is 6. The minimum absolute atomic E-state index is 0.00514. The molecule has 17 nitrogen and oxygen atoms in total. The van der Waals surface area contributed by atoms with Crippen LogP contribution in [-0.2, 0) is 32.8 Å². The first-order valence-corrected chi connectivity index (χ1v) is 20.9. The molecule has 62 heavy (non-hydrogen) atoms. The Morgan fingerprint density at radius 2 is 1.65 bits per heavy atom. The van der Waals surface area contributed by atoms with Crippen LogP contribution < -0.4 is 30.4 Å². The minimum Gasteiger partial charge on any atom is -0.496 e. The molecule has 2 aromatic carbocycles. The molecule has 17 heteroatoms. The Morgan fingerprint density at radius 3 is 2.35 bits per heavy atom. The van der Waals surface area contributed by atoms with Crippen molar-refractivity contribution in [3.8, 4) is 28.4 Å². The number of likely N-dealkylation sites (tertiary alicyclic amines) is 1. The van der Waals surface area contributed by atoms with Gasteiger partial charge in [-0.2, -0.15) is 0 Å². The van der Waals surface area contributed by atoms with Crippen LogP contribution in [0.15, 0.2) is 59.8 Å². The van der Waals surface area contributed by atoms with Gasteiger partial charge in [-0.25, -0.2) is 0 Å². The van der Waals surface area contributed by atoms with Crippen LogP contribution in [0, 0.1) is 0 Å². The second kappa shape index (κ2) is 19.4. The van der Waals surface area contributed by atoms with Gasteiger partial charge in [-0.3, -0.25) is 53.7 Å². The first kappa shape index (κ1) is 43.5. The van der Waals surface area contributed by atoms with E-state index >= 15 is 0 Å². The number of methoxy groups -OCH3 is 2. The molecule has 0 spiro atoms. The van der Waals surface area contributed by atoms with E-state index in [9.17, 15) is 33.6 Å². The van der Waals surface area contributed by atoms with Crippen molar-refractivity contribution in [2.24, 2.45) is 7.05 Å². The summed E-state index contributed by atoms with van der Waals surface area (Å²) in [6.07, 6.45) is 11.6. The molecule has 3 aliphatic rings. The summed E-state index contributed by atoms with van der Waals surface area (Å²) in [6.45, 7) is 2.84. The van der Waals surface area contributed by atoms with Crippen molar-refractivity contribution in [2.75, 3.05) is 47.0 Å². The van der Waals surface area contributed by atoms with E-state index in [1.165, 1.54) is 12.1 Å². The lowest BCUT2D eigenvalue weighted by atomic mass is 9.98. The molecule has 2 fully saturated rings. The molecule has 3 aliphatic heterocycles. The Kier molecular flexibility index (Phi) is 13.6. The molecule has 5 heterocycles. The molecule has 326 valence electrons. The lowest BCUT2D eigenvalue weighted by molar-refractivity contribution is -0.136. The number of nitrogens with zero attached hydrogens (tertiary/aromatic N) is 5. The molecule has 0 aliphatic carbocycles. The number of nitrogens with one attached hydrogen (secondary N) is 2. The fraction of sp³-hybridized carbons (Fsp3) is 0.422. The molecular weight excluding hydrogens is 799 g/mol. The summed E-state index contributed by atoms with van der Waals surface area (Å²) in [5.74, 6) is -1.45. The highest BCUT2D eigenvalue weighted by atomic mass is 16.5. The van der Waals surface area contributed by atoms with Crippen LogP contribution in [0.4, 0.5) is 0 Å². The number of carbonyl (C=O) groups excluding carboxylic acids is 6. The largest absolute Gasteiger partial charge is 0.496 e. The summed E-state index contributed by atoms with van der Waals surface area (Å²) in [6, 6.07) is 9.31. The Labute approximate surface area is 358 Å². The van der Waals surface area contributed by atoms with Gasteiger partial charge in [0.05, 0.1) is 42.3 Å². The topological polar surface area (TPSA) is 199 Å². The van der Waals surface area contributed by atoms with Crippen molar-refractivity contribution < 1.29 is 43.0 Å². The summed E-state index contributed by atoms with van der Waals surface area (Å²) < 4.78 is 18.9. The van der Waals surface area contributed by atoms with Gasteiger partial charge in [-0.05, 0) is 60.5 Å². The zero-order valence-electron chi connectivity index (χ0n) is 35.1. The van der Waals surface area contributed by atoms with E-state index in [1.54, 1.807) is 44.3 Å². The summed E-state index contributed by atoms with van der Waals surface area (Å²) in [5.41, 5.74) is 2.58. The Morgan fingerprint density at radius 1 is 0.919 bits per heavy atom. The summed E-state index contributed by atoms with van der Waals surface area (Å²) in [5, 5.41) is 6.32. The predicted octanol–water partition coefficient (Wildman–Crippen LogP) is 3.20. The van der Waals surface area contributed by atoms with Gasteiger partial charge >= 0.3 is 0 Å². The molecule has 1 unspecified atom stereocenters. The number of hydrogen-bond donors (Lipinski definition) is 2. The van der Waals surface area contributed by atoms with Crippen molar-refractivity contribution in [3.05, 3.63) is 82.0 Å². The van der Waals surface area contributed by atoms with Crippen LogP contribution in [0.25, 0.3) is 21.9 Å². The van der Waals surface area contributed by atoms with E-state index in [0.29, 0.717) is 36.5 Å². The number of pyridine rings is 2. The number of ether oxygens (including phenoxy) is 3. The van der Waals surface area contributed by atoms with E-state index in [1.807, 2.05) is 29.3 Å². The van der Waals surface area contributed by atoms with Gasteiger partial charge in [0.25, 0.3) is 23.3 Å². The summed E-state index contributed by atoms with van der Waals surface area (Å²) in [7, 11) is 4.98. The molecule has 2 saturated heterocycles. The third-order valence-electron chi connectivity index (χ3n) is 11.8. The average Bonchev–Trinajstić information content (AvgIpc) is 3.52. The van der Waals surface area contributed by atoms with Gasteiger partial charge in [-0.1, -0.05) is 31.7 Å². The highest BCUT2D eigenvalue weighted by molar-refractivity contribution is 6.24. The number of benzene rings is 2. The minimum atomic E-state index is -1.09. The number of aromatic nitrogens is 2. The molecule has 2 N–H and O–H groups in total. The maximum absolute atomic E-state index is 13.2. The van der Waals surface area contributed by atoms with Gasteiger partial charge in [-0.15, -0.1) is 0 Å². The Bertz CT molecular complexity index is 2420. The van der Waals surface area contributed by atoms with Gasteiger partial charge in [0.1, 0.15) is 23.3 Å². The van der Waals surface area contributed by atoms with Crippen LogP contribution in [0.2, 0.25) is 0 Å². The first-order valence-electron chi connectivity index (χ1n) is 20.9. The van der Waals surface area contributed by atoms with Gasteiger partial charge in [0.2, 0.25) is 18.2 Å². The third-order valence-corrected chi connectivity index (χ3v) is 11.8. The maximum atomic E-state index is 13.2. The molecule has 0 bridgehead atoms. The molecule has 0 radical (unpaired) electrons. The van der Waals surface area contributed by atoms with E-state index in [-0.39, 0.29) is 53.8 Å². The number of piperidine rings is 1. The molecule has 4 aromatic rings. The van der Waals surface area contributed by atoms with Gasteiger partial charge in [0.15, 0.2) is 6.61 Å². The van der Waals surface area contributed by atoms with E-state index in [2.05, 4.69) is 20.5 Å². The molecule has 6 amide bonds. The molecule has 7 rings (SSSR count). The zero-order valence-corrected chi connectivity index (χ0v) is 35.1.